The fourth-order valence-electron chi connectivity index (χ4n) is 3.02. The molecule has 2 aromatic rings. The molecule has 0 saturated heterocycles. The molecule has 1 heterocycles. The van der Waals surface area contributed by atoms with E-state index in [1.54, 1.807) is 7.11 Å². The number of rotatable bonds is 8. The largest absolute Gasteiger partial charge is 0.383 e. The predicted molar refractivity (Wildman–Crippen MR) is 108 cm³/mol. The number of nitrogens with zero attached hydrogens (tertiary/aromatic N) is 2. The molecule has 1 atom stereocenters. The van der Waals surface area contributed by atoms with E-state index in [-0.39, 0.29) is 24.4 Å². The van der Waals surface area contributed by atoms with Crippen LogP contribution in [0.5, 0.6) is 0 Å². The molecular weight excluding hydrogens is 356 g/mol. The highest BCUT2D eigenvalue weighted by atomic mass is 16.5. The first-order valence-electron chi connectivity index (χ1n) is 9.19. The number of para-hydroxylation sites is 1. The van der Waals surface area contributed by atoms with E-state index >= 15 is 0 Å². The lowest BCUT2D eigenvalue weighted by atomic mass is 10.0. The van der Waals surface area contributed by atoms with E-state index < -0.39 is 0 Å². The van der Waals surface area contributed by atoms with Gasteiger partial charge in [-0.25, -0.2) is 0 Å². The van der Waals surface area contributed by atoms with Crippen molar-refractivity contribution in [2.75, 3.05) is 31.8 Å². The Morgan fingerprint density at radius 1 is 1.07 bits per heavy atom. The second-order valence-corrected chi connectivity index (χ2v) is 6.38. The van der Waals surface area contributed by atoms with E-state index in [9.17, 15) is 9.59 Å². The first-order chi connectivity index (χ1) is 13.7. The molecule has 28 heavy (non-hydrogen) atoms. The van der Waals surface area contributed by atoms with Crippen LogP contribution >= 0.6 is 0 Å². The second kappa shape index (κ2) is 9.66. The van der Waals surface area contributed by atoms with Crippen molar-refractivity contribution in [2.45, 2.75) is 12.5 Å². The lowest BCUT2D eigenvalue weighted by Gasteiger charge is -2.23. The van der Waals surface area contributed by atoms with Gasteiger partial charge in [-0.15, -0.1) is 0 Å². The molecule has 0 saturated carbocycles. The van der Waals surface area contributed by atoms with Crippen molar-refractivity contribution in [3.8, 4) is 0 Å². The van der Waals surface area contributed by atoms with Gasteiger partial charge in [0.25, 0.3) is 5.91 Å². The second-order valence-electron chi connectivity index (χ2n) is 6.38. The summed E-state index contributed by atoms with van der Waals surface area (Å²) in [6.45, 7) is 0.740. The number of amides is 2. The molecular formula is C21H24N4O3. The normalized spacial score (nSPS) is 15.8. The Balaban J connectivity index is 1.69. The zero-order valence-electron chi connectivity index (χ0n) is 15.8. The maximum Gasteiger partial charge on any atom is 0.268 e. The highest BCUT2D eigenvalue weighted by Crippen LogP contribution is 2.34. The van der Waals surface area contributed by atoms with Crippen LogP contribution in [0.3, 0.4) is 0 Å². The molecule has 1 unspecified atom stereocenters. The first kappa shape index (κ1) is 19.6. The van der Waals surface area contributed by atoms with E-state index in [0.717, 1.165) is 11.3 Å². The van der Waals surface area contributed by atoms with Crippen LogP contribution in [-0.2, 0) is 14.3 Å². The van der Waals surface area contributed by atoms with Gasteiger partial charge in [-0.3, -0.25) is 14.6 Å². The molecule has 3 rings (SSSR count). The Kier molecular flexibility index (Phi) is 6.75. The Morgan fingerprint density at radius 2 is 1.75 bits per heavy atom. The maximum absolute atomic E-state index is 12.6. The van der Waals surface area contributed by atoms with Crippen molar-refractivity contribution in [1.82, 2.24) is 10.6 Å². The van der Waals surface area contributed by atoms with Crippen LogP contribution < -0.4 is 15.6 Å². The number of anilines is 1. The third kappa shape index (κ3) is 4.95. The summed E-state index contributed by atoms with van der Waals surface area (Å²) in [4.78, 5) is 24.3. The van der Waals surface area contributed by atoms with Gasteiger partial charge >= 0.3 is 0 Å². The molecule has 1 aliphatic heterocycles. The highest BCUT2D eigenvalue weighted by molar-refractivity contribution is 6.40. The molecule has 0 aliphatic carbocycles. The van der Waals surface area contributed by atoms with Crippen molar-refractivity contribution < 1.29 is 14.3 Å². The van der Waals surface area contributed by atoms with Crippen LogP contribution in [0.1, 0.15) is 18.0 Å². The smallest absolute Gasteiger partial charge is 0.268 e. The molecule has 0 aromatic heterocycles. The summed E-state index contributed by atoms with van der Waals surface area (Å²) in [6.07, 6.45) is 0.468. The van der Waals surface area contributed by atoms with E-state index in [1.165, 1.54) is 0 Å². The summed E-state index contributed by atoms with van der Waals surface area (Å²) in [6, 6.07) is 19.6. The quantitative estimate of drug-likeness (QED) is 0.685. The van der Waals surface area contributed by atoms with Gasteiger partial charge < -0.3 is 15.4 Å². The van der Waals surface area contributed by atoms with Crippen LogP contribution in [0.2, 0.25) is 0 Å². The molecule has 0 bridgehead atoms. The van der Waals surface area contributed by atoms with Crippen LogP contribution in [0.15, 0.2) is 65.8 Å². The van der Waals surface area contributed by atoms with E-state index in [0.29, 0.717) is 25.3 Å². The van der Waals surface area contributed by atoms with Crippen molar-refractivity contribution in [1.29, 1.82) is 0 Å². The summed E-state index contributed by atoms with van der Waals surface area (Å²) in [5.41, 5.74) is 2.40. The minimum Gasteiger partial charge on any atom is -0.383 e. The maximum atomic E-state index is 12.6. The summed E-state index contributed by atoms with van der Waals surface area (Å²) in [7, 11) is 1.56. The summed E-state index contributed by atoms with van der Waals surface area (Å²) >= 11 is 0. The third-order valence-corrected chi connectivity index (χ3v) is 4.42. The lowest BCUT2D eigenvalue weighted by molar-refractivity contribution is -0.123. The zero-order valence-corrected chi connectivity index (χ0v) is 15.8. The van der Waals surface area contributed by atoms with Gasteiger partial charge in [0, 0.05) is 20.1 Å². The first-order valence-corrected chi connectivity index (χ1v) is 9.19. The molecule has 0 spiro atoms. The Bertz CT molecular complexity index is 824. The number of methoxy groups -OCH3 is 1. The number of carbonyl (C=O) groups excluding carboxylic acids is 2. The van der Waals surface area contributed by atoms with Crippen LogP contribution in [0.4, 0.5) is 5.69 Å². The molecule has 2 aromatic carbocycles. The summed E-state index contributed by atoms with van der Waals surface area (Å²) in [5.74, 6) is -0.593. The number of hydrazone groups is 1. The highest BCUT2D eigenvalue weighted by Gasteiger charge is 2.32. The molecule has 7 heteroatoms. The van der Waals surface area contributed by atoms with E-state index in [1.807, 2.05) is 65.7 Å². The predicted octanol–water partition coefficient (Wildman–Crippen LogP) is 1.87. The lowest BCUT2D eigenvalue weighted by Crippen LogP contribution is -2.40. The van der Waals surface area contributed by atoms with Gasteiger partial charge in [0.1, 0.15) is 5.71 Å². The molecule has 0 radical (unpaired) electrons. The molecule has 146 valence electrons. The van der Waals surface area contributed by atoms with E-state index in [4.69, 9.17) is 4.74 Å². The molecule has 1 aliphatic rings. The van der Waals surface area contributed by atoms with Crippen molar-refractivity contribution in [3.05, 3.63) is 66.2 Å². The van der Waals surface area contributed by atoms with Crippen molar-refractivity contribution >= 4 is 23.2 Å². The van der Waals surface area contributed by atoms with Gasteiger partial charge in [-0.1, -0.05) is 48.5 Å². The third-order valence-electron chi connectivity index (χ3n) is 4.42. The van der Waals surface area contributed by atoms with Crippen molar-refractivity contribution in [2.24, 2.45) is 5.10 Å². The van der Waals surface area contributed by atoms with Gasteiger partial charge in [0.2, 0.25) is 5.91 Å². The topological polar surface area (TPSA) is 83.0 Å². The van der Waals surface area contributed by atoms with Crippen molar-refractivity contribution in [3.63, 3.8) is 0 Å². The molecule has 2 amide bonds. The molecule has 7 nitrogen and oxygen atoms in total. The Morgan fingerprint density at radius 3 is 2.43 bits per heavy atom. The average molecular weight is 380 g/mol. The van der Waals surface area contributed by atoms with E-state index in [2.05, 4.69) is 15.7 Å². The average Bonchev–Trinajstić information content (AvgIpc) is 3.19. The SMILES string of the molecule is COCCNC(=O)CNC(=O)C1=NN(c2ccccc2)C(c2ccccc2)C1. The fourth-order valence-corrected chi connectivity index (χ4v) is 3.02. The summed E-state index contributed by atoms with van der Waals surface area (Å²) in [5, 5.41) is 11.7. The van der Waals surface area contributed by atoms with Crippen LogP contribution in [0, 0.1) is 0 Å². The number of ether oxygens (including phenoxy) is 1. The van der Waals surface area contributed by atoms with Gasteiger partial charge in [-0.05, 0) is 17.7 Å². The van der Waals surface area contributed by atoms with Crippen LogP contribution in [0.25, 0.3) is 0 Å². The standard InChI is InChI=1S/C21H24N4O3/c1-28-13-12-22-20(26)15-23-21(27)18-14-19(16-8-4-2-5-9-16)25(24-18)17-10-6-3-7-11-17/h2-11,19H,12-15H2,1H3,(H,22,26)(H,23,27). The fraction of sp³-hybridized carbons (Fsp3) is 0.286. The Labute approximate surface area is 164 Å². The molecule has 0 fully saturated rings. The number of benzene rings is 2. The monoisotopic (exact) mass is 380 g/mol. The summed E-state index contributed by atoms with van der Waals surface area (Å²) < 4.78 is 4.88. The zero-order chi connectivity index (χ0) is 19.8. The number of nitrogens with one attached hydrogen (secondary N) is 2. The number of carbonyl (C=O) groups is 2. The van der Waals surface area contributed by atoms with Gasteiger partial charge in [-0.2, -0.15) is 5.10 Å². The number of hydrogen-bond acceptors (Lipinski definition) is 5. The minimum absolute atomic E-state index is 0.0696. The van der Waals surface area contributed by atoms with Gasteiger partial charge in [0.05, 0.1) is 24.9 Å². The minimum atomic E-state index is -0.332. The Hall–Kier alpha value is -3.19. The molecule has 2 N–H and O–H groups in total. The van der Waals surface area contributed by atoms with Gasteiger partial charge in [0.15, 0.2) is 0 Å². The van der Waals surface area contributed by atoms with Crippen LogP contribution in [-0.4, -0.2) is 44.3 Å². The number of hydrogen-bond donors (Lipinski definition) is 2.